The lowest BCUT2D eigenvalue weighted by Crippen LogP contribution is -2.26. The Morgan fingerprint density at radius 3 is 3.06 bits per heavy atom. The monoisotopic (exact) mass is 219 g/mol. The second-order valence-corrected chi connectivity index (χ2v) is 3.64. The molecule has 0 bridgehead atoms. The van der Waals surface area contributed by atoms with Crippen LogP contribution in [0.5, 0.6) is 0 Å². The van der Waals surface area contributed by atoms with Crippen molar-refractivity contribution in [2.45, 2.75) is 13.3 Å². The molecular weight excluding hydrogens is 202 g/mol. The largest absolute Gasteiger partial charge is 0.357 e. The first-order valence-electron chi connectivity index (χ1n) is 5.60. The van der Waals surface area contributed by atoms with Crippen LogP contribution in [0.15, 0.2) is 24.5 Å². The van der Waals surface area contributed by atoms with E-state index in [4.69, 9.17) is 5.73 Å². The van der Waals surface area contributed by atoms with Crippen LogP contribution in [0.2, 0.25) is 0 Å². The second kappa shape index (κ2) is 4.94. The fraction of sp³-hybridized carbons (Fsp3) is 0.455. The summed E-state index contributed by atoms with van der Waals surface area (Å²) >= 11 is 0. The minimum Gasteiger partial charge on any atom is -0.357 e. The normalized spacial score (nSPS) is 10.9. The van der Waals surface area contributed by atoms with Crippen molar-refractivity contribution in [1.29, 1.82) is 0 Å². The standard InChI is InChI=1S/C11H17N5/c1-2-15(8-3-6-12)10-5-9-16-11(14-10)4-7-13-16/h4-5,7,9H,2-3,6,8,12H2,1H3. The van der Waals surface area contributed by atoms with Gasteiger partial charge in [-0.15, -0.1) is 0 Å². The van der Waals surface area contributed by atoms with Crippen molar-refractivity contribution < 1.29 is 0 Å². The first-order chi connectivity index (χ1) is 7.85. The second-order valence-electron chi connectivity index (χ2n) is 3.64. The van der Waals surface area contributed by atoms with E-state index >= 15 is 0 Å². The van der Waals surface area contributed by atoms with E-state index < -0.39 is 0 Å². The number of aromatic nitrogens is 3. The third-order valence-corrected chi connectivity index (χ3v) is 2.58. The number of rotatable bonds is 5. The maximum atomic E-state index is 5.52. The molecule has 0 spiro atoms. The maximum absolute atomic E-state index is 5.52. The van der Waals surface area contributed by atoms with Gasteiger partial charge in [0.15, 0.2) is 5.65 Å². The smallest absolute Gasteiger partial charge is 0.157 e. The molecule has 0 aliphatic rings. The zero-order valence-corrected chi connectivity index (χ0v) is 9.50. The SMILES string of the molecule is CCN(CCCN)c1ccn2nccc2n1. The van der Waals surface area contributed by atoms with Crippen molar-refractivity contribution in [3.63, 3.8) is 0 Å². The lowest BCUT2D eigenvalue weighted by atomic mass is 10.3. The summed E-state index contributed by atoms with van der Waals surface area (Å²) in [5.74, 6) is 0.990. The van der Waals surface area contributed by atoms with Crippen LogP contribution in [-0.2, 0) is 0 Å². The highest BCUT2D eigenvalue weighted by Gasteiger charge is 2.06. The van der Waals surface area contributed by atoms with Crippen molar-refractivity contribution in [3.05, 3.63) is 24.5 Å². The molecule has 0 atom stereocenters. The van der Waals surface area contributed by atoms with E-state index in [0.29, 0.717) is 6.54 Å². The Morgan fingerprint density at radius 1 is 1.44 bits per heavy atom. The maximum Gasteiger partial charge on any atom is 0.157 e. The van der Waals surface area contributed by atoms with E-state index in [2.05, 4.69) is 21.9 Å². The number of hydrogen-bond donors (Lipinski definition) is 1. The van der Waals surface area contributed by atoms with E-state index in [1.165, 1.54) is 0 Å². The van der Waals surface area contributed by atoms with Crippen molar-refractivity contribution in [3.8, 4) is 0 Å². The molecule has 0 saturated heterocycles. The van der Waals surface area contributed by atoms with Crippen LogP contribution in [0, 0.1) is 0 Å². The van der Waals surface area contributed by atoms with Gasteiger partial charge in [0, 0.05) is 25.4 Å². The van der Waals surface area contributed by atoms with Gasteiger partial charge >= 0.3 is 0 Å². The highest BCUT2D eigenvalue weighted by molar-refractivity contribution is 5.47. The molecule has 2 aromatic heterocycles. The Morgan fingerprint density at radius 2 is 2.31 bits per heavy atom. The molecule has 5 heteroatoms. The summed E-state index contributed by atoms with van der Waals surface area (Å²) in [7, 11) is 0. The molecule has 0 unspecified atom stereocenters. The van der Waals surface area contributed by atoms with Crippen LogP contribution in [0.4, 0.5) is 5.82 Å². The third-order valence-electron chi connectivity index (χ3n) is 2.58. The Kier molecular flexibility index (Phi) is 3.36. The van der Waals surface area contributed by atoms with E-state index in [1.54, 1.807) is 10.7 Å². The van der Waals surface area contributed by atoms with Gasteiger partial charge in [-0.05, 0) is 26.0 Å². The summed E-state index contributed by atoms with van der Waals surface area (Å²) in [6.45, 7) is 4.73. The first kappa shape index (κ1) is 10.9. The van der Waals surface area contributed by atoms with E-state index in [9.17, 15) is 0 Å². The first-order valence-corrected chi connectivity index (χ1v) is 5.60. The van der Waals surface area contributed by atoms with Gasteiger partial charge in [0.05, 0.1) is 6.20 Å². The number of hydrogen-bond acceptors (Lipinski definition) is 4. The molecule has 0 saturated carbocycles. The molecule has 0 amide bonds. The predicted molar refractivity (Wildman–Crippen MR) is 64.5 cm³/mol. The van der Waals surface area contributed by atoms with Gasteiger partial charge in [0.25, 0.3) is 0 Å². The van der Waals surface area contributed by atoms with Gasteiger partial charge < -0.3 is 10.6 Å². The number of anilines is 1. The molecule has 86 valence electrons. The van der Waals surface area contributed by atoms with Gasteiger partial charge in [-0.25, -0.2) is 9.50 Å². The van der Waals surface area contributed by atoms with E-state index in [0.717, 1.165) is 31.0 Å². The molecule has 2 aromatic rings. The Balaban J connectivity index is 2.22. The summed E-state index contributed by atoms with van der Waals surface area (Å²) in [5.41, 5.74) is 6.40. The summed E-state index contributed by atoms with van der Waals surface area (Å²) in [6, 6.07) is 3.89. The van der Waals surface area contributed by atoms with Gasteiger partial charge in [0.1, 0.15) is 5.82 Å². The highest BCUT2D eigenvalue weighted by atomic mass is 15.3. The van der Waals surface area contributed by atoms with E-state index in [1.807, 2.05) is 18.3 Å². The van der Waals surface area contributed by atoms with Gasteiger partial charge in [-0.2, -0.15) is 5.10 Å². The number of nitrogens with two attached hydrogens (primary N) is 1. The van der Waals surface area contributed by atoms with Crippen LogP contribution in [0.25, 0.3) is 5.65 Å². The Bertz CT molecular complexity index is 450. The van der Waals surface area contributed by atoms with Crippen LogP contribution in [-0.4, -0.2) is 34.2 Å². The minimum absolute atomic E-state index is 0.714. The molecule has 2 N–H and O–H groups in total. The predicted octanol–water partition coefficient (Wildman–Crippen LogP) is 0.904. The molecule has 16 heavy (non-hydrogen) atoms. The van der Waals surface area contributed by atoms with Crippen LogP contribution in [0.3, 0.4) is 0 Å². The summed E-state index contributed by atoms with van der Waals surface area (Å²) in [6.07, 6.45) is 4.67. The molecular formula is C11H17N5. The van der Waals surface area contributed by atoms with Gasteiger partial charge in [-0.1, -0.05) is 0 Å². The summed E-state index contributed by atoms with van der Waals surface area (Å²) in [4.78, 5) is 6.77. The molecule has 5 nitrogen and oxygen atoms in total. The fourth-order valence-electron chi connectivity index (χ4n) is 1.70. The number of nitrogens with zero attached hydrogens (tertiary/aromatic N) is 4. The van der Waals surface area contributed by atoms with Crippen molar-refractivity contribution in [2.75, 3.05) is 24.5 Å². The van der Waals surface area contributed by atoms with Gasteiger partial charge in [0.2, 0.25) is 0 Å². The zero-order valence-electron chi connectivity index (χ0n) is 9.50. The Labute approximate surface area is 94.9 Å². The topological polar surface area (TPSA) is 59.5 Å². The van der Waals surface area contributed by atoms with Crippen molar-refractivity contribution in [1.82, 2.24) is 14.6 Å². The average Bonchev–Trinajstić information content (AvgIpc) is 2.77. The molecule has 0 aliphatic heterocycles. The molecule has 0 radical (unpaired) electrons. The average molecular weight is 219 g/mol. The van der Waals surface area contributed by atoms with Crippen molar-refractivity contribution >= 4 is 11.5 Å². The molecule has 2 heterocycles. The third kappa shape index (κ3) is 2.14. The summed E-state index contributed by atoms with van der Waals surface area (Å²) in [5, 5.41) is 4.12. The van der Waals surface area contributed by atoms with E-state index in [-0.39, 0.29) is 0 Å². The summed E-state index contributed by atoms with van der Waals surface area (Å²) < 4.78 is 1.76. The zero-order chi connectivity index (χ0) is 11.4. The Hall–Kier alpha value is -1.62. The van der Waals surface area contributed by atoms with Crippen LogP contribution >= 0.6 is 0 Å². The lowest BCUT2D eigenvalue weighted by Gasteiger charge is -2.21. The highest BCUT2D eigenvalue weighted by Crippen LogP contribution is 2.11. The molecule has 0 aromatic carbocycles. The fourth-order valence-corrected chi connectivity index (χ4v) is 1.70. The van der Waals surface area contributed by atoms with Crippen LogP contribution in [0.1, 0.15) is 13.3 Å². The van der Waals surface area contributed by atoms with Crippen LogP contribution < -0.4 is 10.6 Å². The van der Waals surface area contributed by atoms with Gasteiger partial charge in [-0.3, -0.25) is 0 Å². The molecule has 0 aliphatic carbocycles. The van der Waals surface area contributed by atoms with Crippen molar-refractivity contribution in [2.24, 2.45) is 5.73 Å². The number of fused-ring (bicyclic) bond motifs is 1. The quantitative estimate of drug-likeness (QED) is 0.812. The molecule has 0 fully saturated rings. The minimum atomic E-state index is 0.714. The molecule has 2 rings (SSSR count). The lowest BCUT2D eigenvalue weighted by molar-refractivity contribution is 0.743.